The van der Waals surface area contributed by atoms with Crippen molar-refractivity contribution in [3.05, 3.63) is 54.9 Å². The van der Waals surface area contributed by atoms with Crippen LogP contribution in [0, 0.1) is 3.57 Å². The second-order valence-corrected chi connectivity index (χ2v) is 8.81. The topological polar surface area (TPSA) is 97.2 Å². The van der Waals surface area contributed by atoms with Gasteiger partial charge in [-0.2, -0.15) is 0 Å². The van der Waals surface area contributed by atoms with Gasteiger partial charge >= 0.3 is 5.97 Å². The summed E-state index contributed by atoms with van der Waals surface area (Å²) in [5.74, 6) is -0.713. The summed E-state index contributed by atoms with van der Waals surface area (Å²) in [5.41, 5.74) is 1.44. The first-order chi connectivity index (χ1) is 13.9. The predicted octanol–water partition coefficient (Wildman–Crippen LogP) is 4.42. The van der Waals surface area contributed by atoms with Crippen LogP contribution in [0.15, 0.2) is 50.8 Å². The van der Waals surface area contributed by atoms with Gasteiger partial charge in [0.1, 0.15) is 0 Å². The molecule has 1 heterocycles. The van der Waals surface area contributed by atoms with Gasteiger partial charge in [0.15, 0.2) is 23.3 Å². The third-order valence-corrected chi connectivity index (χ3v) is 5.75. The molecule has 0 unspecified atom stereocenters. The minimum absolute atomic E-state index is 0.249. The molecule has 29 heavy (non-hydrogen) atoms. The molecule has 2 aromatic rings. The Morgan fingerprint density at radius 1 is 1.38 bits per heavy atom. The number of hydrogen-bond donors (Lipinski definition) is 2. The Kier molecular flexibility index (Phi) is 7.19. The summed E-state index contributed by atoms with van der Waals surface area (Å²) in [7, 11) is 1.45. The number of halogens is 2. The van der Waals surface area contributed by atoms with Gasteiger partial charge in [-0.1, -0.05) is 6.07 Å². The number of aliphatic carboxylic acids is 1. The SMILES string of the molecule is COc1cc(/C=C2/SC(=Nc3cccc(I)c3)NC2=O)cc(Br)c1OCC(=O)O. The summed E-state index contributed by atoms with van der Waals surface area (Å²) in [6.07, 6.45) is 1.70. The van der Waals surface area contributed by atoms with Crippen molar-refractivity contribution in [3.63, 3.8) is 0 Å². The van der Waals surface area contributed by atoms with Crippen molar-refractivity contribution in [2.45, 2.75) is 0 Å². The number of aliphatic imine (C=N–C) groups is 1. The van der Waals surface area contributed by atoms with Gasteiger partial charge in [-0.3, -0.25) is 4.79 Å². The Morgan fingerprint density at radius 2 is 2.17 bits per heavy atom. The number of ether oxygens (including phenoxy) is 2. The number of nitrogens with one attached hydrogen (secondary N) is 1. The van der Waals surface area contributed by atoms with Gasteiger partial charge in [0.25, 0.3) is 5.91 Å². The minimum Gasteiger partial charge on any atom is -0.493 e. The first kappa shape index (κ1) is 21.7. The third-order valence-electron chi connectivity index (χ3n) is 3.58. The van der Waals surface area contributed by atoms with Crippen LogP contribution in [0.5, 0.6) is 11.5 Å². The molecule has 0 bridgehead atoms. The highest BCUT2D eigenvalue weighted by Crippen LogP contribution is 2.38. The quantitative estimate of drug-likeness (QED) is 0.383. The van der Waals surface area contributed by atoms with E-state index in [0.29, 0.717) is 25.9 Å². The van der Waals surface area contributed by atoms with Gasteiger partial charge in [-0.25, -0.2) is 9.79 Å². The number of methoxy groups -OCH3 is 1. The summed E-state index contributed by atoms with van der Waals surface area (Å²) < 4.78 is 12.1. The lowest BCUT2D eigenvalue weighted by atomic mass is 10.2. The molecule has 10 heteroatoms. The van der Waals surface area contributed by atoms with Crippen molar-refractivity contribution in [2.24, 2.45) is 4.99 Å². The van der Waals surface area contributed by atoms with E-state index >= 15 is 0 Å². The molecule has 0 aliphatic carbocycles. The lowest BCUT2D eigenvalue weighted by molar-refractivity contribution is -0.139. The van der Waals surface area contributed by atoms with Crippen LogP contribution in [0.2, 0.25) is 0 Å². The number of amides is 1. The number of nitrogens with zero attached hydrogens (tertiary/aromatic N) is 1. The molecular weight excluding hydrogens is 575 g/mol. The number of thioether (sulfide) groups is 1. The van der Waals surface area contributed by atoms with Crippen LogP contribution in [-0.4, -0.2) is 35.9 Å². The van der Waals surface area contributed by atoms with Crippen molar-refractivity contribution >= 4 is 79.1 Å². The van der Waals surface area contributed by atoms with Gasteiger partial charge < -0.3 is 19.9 Å². The molecule has 1 saturated heterocycles. The Hall–Kier alpha value is -2.05. The van der Waals surface area contributed by atoms with Crippen LogP contribution in [-0.2, 0) is 9.59 Å². The van der Waals surface area contributed by atoms with E-state index < -0.39 is 12.6 Å². The molecule has 2 aromatic carbocycles. The van der Waals surface area contributed by atoms with Gasteiger partial charge in [0.05, 0.1) is 22.2 Å². The molecule has 0 saturated carbocycles. The maximum absolute atomic E-state index is 12.3. The van der Waals surface area contributed by atoms with E-state index in [-0.39, 0.29) is 11.7 Å². The molecule has 1 aliphatic rings. The van der Waals surface area contributed by atoms with E-state index in [2.05, 4.69) is 48.8 Å². The van der Waals surface area contributed by atoms with Crippen LogP contribution < -0.4 is 14.8 Å². The fraction of sp³-hybridized carbons (Fsp3) is 0.105. The Bertz CT molecular complexity index is 1040. The molecular formula is C19H14BrIN2O5S. The minimum atomic E-state index is -1.09. The number of benzene rings is 2. The molecule has 0 aromatic heterocycles. The van der Waals surface area contributed by atoms with Gasteiger partial charge in [-0.15, -0.1) is 0 Å². The smallest absolute Gasteiger partial charge is 0.341 e. The average Bonchev–Trinajstić information content (AvgIpc) is 2.99. The fourth-order valence-corrected chi connectivity index (χ4v) is 4.33. The second kappa shape index (κ2) is 9.63. The van der Waals surface area contributed by atoms with E-state index in [1.165, 1.54) is 18.9 Å². The number of carboxylic acids is 1. The standard InChI is InChI=1S/C19H14BrIN2O5S/c1-27-14-6-10(5-13(20)17(14)28-9-16(24)25)7-15-18(26)23-19(29-15)22-12-4-2-3-11(21)8-12/h2-8H,9H2,1H3,(H,24,25)(H,22,23,26)/b15-7+. The summed E-state index contributed by atoms with van der Waals surface area (Å²) in [6.45, 7) is -0.494. The predicted molar refractivity (Wildman–Crippen MR) is 124 cm³/mol. The zero-order valence-electron chi connectivity index (χ0n) is 14.9. The summed E-state index contributed by atoms with van der Waals surface area (Å²) in [4.78, 5) is 28.0. The van der Waals surface area contributed by atoms with Crippen molar-refractivity contribution in [2.75, 3.05) is 13.7 Å². The monoisotopic (exact) mass is 588 g/mol. The molecule has 0 radical (unpaired) electrons. The maximum Gasteiger partial charge on any atom is 0.341 e. The molecule has 0 atom stereocenters. The van der Waals surface area contributed by atoms with Crippen LogP contribution in [0.1, 0.15) is 5.56 Å². The van der Waals surface area contributed by atoms with Crippen LogP contribution in [0.4, 0.5) is 5.69 Å². The summed E-state index contributed by atoms with van der Waals surface area (Å²) in [6, 6.07) is 11.0. The van der Waals surface area contributed by atoms with E-state index in [4.69, 9.17) is 14.6 Å². The molecule has 1 aliphatic heterocycles. The molecule has 150 valence electrons. The molecule has 1 fully saturated rings. The van der Waals surface area contributed by atoms with E-state index in [9.17, 15) is 9.59 Å². The van der Waals surface area contributed by atoms with Crippen molar-refractivity contribution in [1.82, 2.24) is 5.32 Å². The molecule has 0 spiro atoms. The van der Waals surface area contributed by atoms with Gasteiger partial charge in [0.2, 0.25) is 0 Å². The Labute approximate surface area is 192 Å². The first-order valence-electron chi connectivity index (χ1n) is 8.13. The molecule has 1 amide bonds. The van der Waals surface area contributed by atoms with Crippen molar-refractivity contribution in [3.8, 4) is 11.5 Å². The van der Waals surface area contributed by atoms with Gasteiger partial charge in [0, 0.05) is 3.57 Å². The average molecular weight is 589 g/mol. The Morgan fingerprint density at radius 3 is 2.86 bits per heavy atom. The molecule has 7 nitrogen and oxygen atoms in total. The maximum atomic E-state index is 12.3. The lowest BCUT2D eigenvalue weighted by Gasteiger charge is -2.12. The Balaban J connectivity index is 1.85. The number of carbonyl (C=O) groups excluding carboxylic acids is 1. The number of hydrogen-bond acceptors (Lipinski definition) is 6. The number of amidine groups is 1. The zero-order valence-corrected chi connectivity index (χ0v) is 19.5. The first-order valence-corrected chi connectivity index (χ1v) is 10.8. The highest BCUT2D eigenvalue weighted by Gasteiger charge is 2.24. The van der Waals surface area contributed by atoms with E-state index in [1.54, 1.807) is 18.2 Å². The number of rotatable bonds is 6. The van der Waals surface area contributed by atoms with E-state index in [0.717, 1.165) is 9.26 Å². The summed E-state index contributed by atoms with van der Waals surface area (Å²) in [5, 5.41) is 12.0. The fourth-order valence-electron chi connectivity index (χ4n) is 2.39. The molecule has 3 rings (SSSR count). The van der Waals surface area contributed by atoms with Crippen LogP contribution in [0.3, 0.4) is 0 Å². The highest BCUT2D eigenvalue weighted by molar-refractivity contribution is 14.1. The highest BCUT2D eigenvalue weighted by atomic mass is 127. The van der Waals surface area contributed by atoms with E-state index in [1.807, 2.05) is 24.3 Å². The zero-order chi connectivity index (χ0) is 21.0. The normalized spacial score (nSPS) is 16.2. The number of carbonyl (C=O) groups is 2. The van der Waals surface area contributed by atoms with Gasteiger partial charge in [-0.05, 0) is 92.3 Å². The van der Waals surface area contributed by atoms with Crippen LogP contribution in [0.25, 0.3) is 6.08 Å². The van der Waals surface area contributed by atoms with Crippen molar-refractivity contribution in [1.29, 1.82) is 0 Å². The summed E-state index contributed by atoms with van der Waals surface area (Å²) >= 11 is 6.80. The van der Waals surface area contributed by atoms with Crippen molar-refractivity contribution < 1.29 is 24.2 Å². The lowest BCUT2D eigenvalue weighted by Crippen LogP contribution is -2.19. The molecule has 2 N–H and O–H groups in total. The second-order valence-electron chi connectivity index (χ2n) is 5.68. The number of carboxylic acid groups (broad SMARTS) is 1. The third kappa shape index (κ3) is 5.73. The van der Waals surface area contributed by atoms with Crippen LogP contribution >= 0.6 is 50.3 Å². The largest absolute Gasteiger partial charge is 0.493 e.